The molecule has 2 aromatic rings. The van der Waals surface area contributed by atoms with Gasteiger partial charge in [0.05, 0.1) is 5.69 Å². The molecule has 0 aromatic carbocycles. The Hall–Kier alpha value is -0.780. The molecule has 0 aliphatic rings. The highest BCUT2D eigenvalue weighted by Crippen LogP contribution is 2.19. The van der Waals surface area contributed by atoms with Gasteiger partial charge in [0, 0.05) is 40.6 Å². The average molecular weight is 371 g/mol. The summed E-state index contributed by atoms with van der Waals surface area (Å²) in [7, 11) is 0. The van der Waals surface area contributed by atoms with Crippen LogP contribution in [0.15, 0.2) is 39.7 Å². The number of hydrogen-bond acceptors (Lipinski definition) is 3. The van der Waals surface area contributed by atoms with E-state index in [9.17, 15) is 0 Å². The molecule has 2 rings (SSSR count). The first-order chi connectivity index (χ1) is 8.66. The zero-order valence-corrected chi connectivity index (χ0v) is 13.1. The second-order valence-corrected chi connectivity index (χ2v) is 5.76. The quantitative estimate of drug-likeness (QED) is 0.893. The molecule has 0 spiro atoms. The van der Waals surface area contributed by atoms with Crippen molar-refractivity contribution in [1.29, 1.82) is 0 Å². The van der Waals surface area contributed by atoms with E-state index in [0.717, 1.165) is 27.7 Å². The van der Waals surface area contributed by atoms with Gasteiger partial charge in [-0.3, -0.25) is 9.97 Å². The van der Waals surface area contributed by atoms with Crippen LogP contribution in [0.2, 0.25) is 0 Å². The van der Waals surface area contributed by atoms with E-state index in [1.54, 1.807) is 6.20 Å². The summed E-state index contributed by atoms with van der Waals surface area (Å²) in [5.74, 6) is 0. The lowest BCUT2D eigenvalue weighted by molar-refractivity contribution is 0.673. The first-order valence-corrected chi connectivity index (χ1v) is 7.15. The van der Waals surface area contributed by atoms with Crippen LogP contribution in [-0.4, -0.2) is 9.97 Å². The lowest BCUT2D eigenvalue weighted by atomic mass is 10.1. The van der Waals surface area contributed by atoms with Gasteiger partial charge in [-0.2, -0.15) is 0 Å². The van der Waals surface area contributed by atoms with Crippen molar-refractivity contribution in [2.24, 2.45) is 0 Å². The molecular formula is C13H13Br2N3. The normalized spacial score (nSPS) is 10.6. The van der Waals surface area contributed by atoms with Gasteiger partial charge in [-0.25, -0.2) is 0 Å². The molecule has 0 aliphatic carbocycles. The van der Waals surface area contributed by atoms with Gasteiger partial charge in [0.2, 0.25) is 0 Å². The summed E-state index contributed by atoms with van der Waals surface area (Å²) < 4.78 is 1.98. The average Bonchev–Trinajstić information content (AvgIpc) is 2.34. The molecular weight excluding hydrogens is 358 g/mol. The Bertz CT molecular complexity index is 544. The van der Waals surface area contributed by atoms with Crippen molar-refractivity contribution in [1.82, 2.24) is 15.3 Å². The lowest BCUT2D eigenvalue weighted by Crippen LogP contribution is -2.15. The van der Waals surface area contributed by atoms with Gasteiger partial charge >= 0.3 is 0 Å². The number of nitrogens with one attached hydrogen (secondary N) is 1. The summed E-state index contributed by atoms with van der Waals surface area (Å²) in [5.41, 5.74) is 3.46. The number of aromatic nitrogens is 2. The van der Waals surface area contributed by atoms with Crippen LogP contribution in [0.1, 0.15) is 16.8 Å². The van der Waals surface area contributed by atoms with Crippen LogP contribution < -0.4 is 5.32 Å². The van der Waals surface area contributed by atoms with Crippen molar-refractivity contribution < 1.29 is 0 Å². The maximum Gasteiger partial charge on any atom is 0.0684 e. The number of pyridine rings is 2. The molecule has 0 amide bonds. The van der Waals surface area contributed by atoms with Crippen LogP contribution in [-0.2, 0) is 13.1 Å². The van der Waals surface area contributed by atoms with Gasteiger partial charge < -0.3 is 5.32 Å². The number of halogens is 2. The van der Waals surface area contributed by atoms with Crippen LogP contribution in [0.5, 0.6) is 0 Å². The van der Waals surface area contributed by atoms with Crippen molar-refractivity contribution in [2.75, 3.05) is 0 Å². The maximum absolute atomic E-state index is 4.36. The third-order valence-electron chi connectivity index (χ3n) is 2.64. The molecule has 0 saturated heterocycles. The summed E-state index contributed by atoms with van der Waals surface area (Å²) >= 11 is 6.89. The molecule has 3 nitrogen and oxygen atoms in total. The van der Waals surface area contributed by atoms with Gasteiger partial charge in [-0.05, 0) is 62.0 Å². The second kappa shape index (κ2) is 6.41. The van der Waals surface area contributed by atoms with Crippen LogP contribution >= 0.6 is 31.9 Å². The van der Waals surface area contributed by atoms with Crippen molar-refractivity contribution in [3.05, 3.63) is 56.5 Å². The third-order valence-corrected chi connectivity index (χ3v) is 3.76. The third kappa shape index (κ3) is 3.60. The Labute approximate surface area is 123 Å². The standard InChI is InChI=1S/C13H13Br2N3/c1-9-2-3-16-5-10(9)6-17-8-13-12(15)4-11(14)7-18-13/h2-5,7,17H,6,8H2,1H3. The van der Waals surface area contributed by atoms with E-state index in [4.69, 9.17) is 0 Å². The minimum atomic E-state index is 0.724. The summed E-state index contributed by atoms with van der Waals surface area (Å²) in [5, 5.41) is 3.37. The fourth-order valence-electron chi connectivity index (χ4n) is 1.57. The molecule has 94 valence electrons. The van der Waals surface area contributed by atoms with E-state index in [1.807, 2.05) is 24.5 Å². The Morgan fingerprint density at radius 2 is 2.06 bits per heavy atom. The predicted octanol–water partition coefficient (Wildman–Crippen LogP) is 3.60. The van der Waals surface area contributed by atoms with Crippen molar-refractivity contribution in [2.45, 2.75) is 20.0 Å². The van der Waals surface area contributed by atoms with E-state index in [0.29, 0.717) is 0 Å². The summed E-state index contributed by atoms with van der Waals surface area (Å²) in [4.78, 5) is 8.49. The highest BCUT2D eigenvalue weighted by atomic mass is 79.9. The second-order valence-electron chi connectivity index (χ2n) is 3.99. The zero-order valence-electron chi connectivity index (χ0n) is 9.95. The number of aryl methyl sites for hydroxylation is 1. The van der Waals surface area contributed by atoms with Gasteiger partial charge in [0.1, 0.15) is 0 Å². The monoisotopic (exact) mass is 369 g/mol. The van der Waals surface area contributed by atoms with E-state index in [2.05, 4.69) is 54.1 Å². The fourth-order valence-corrected chi connectivity index (χ4v) is 2.70. The predicted molar refractivity (Wildman–Crippen MR) is 79.2 cm³/mol. The molecule has 0 saturated carbocycles. The minimum absolute atomic E-state index is 0.724. The molecule has 2 aromatic heterocycles. The van der Waals surface area contributed by atoms with E-state index < -0.39 is 0 Å². The molecule has 0 radical (unpaired) electrons. The number of hydrogen-bond donors (Lipinski definition) is 1. The van der Waals surface area contributed by atoms with Gasteiger partial charge in [0.25, 0.3) is 0 Å². The minimum Gasteiger partial charge on any atom is -0.307 e. The Morgan fingerprint density at radius 3 is 2.78 bits per heavy atom. The largest absolute Gasteiger partial charge is 0.307 e. The van der Waals surface area contributed by atoms with Crippen molar-refractivity contribution in [3.8, 4) is 0 Å². The molecule has 0 fully saturated rings. The Kier molecular flexibility index (Phi) is 4.86. The molecule has 0 unspecified atom stereocenters. The van der Waals surface area contributed by atoms with Gasteiger partial charge in [-0.15, -0.1) is 0 Å². The topological polar surface area (TPSA) is 37.8 Å². The highest BCUT2D eigenvalue weighted by Gasteiger charge is 2.03. The van der Waals surface area contributed by atoms with E-state index in [1.165, 1.54) is 11.1 Å². The molecule has 18 heavy (non-hydrogen) atoms. The van der Waals surface area contributed by atoms with E-state index in [-0.39, 0.29) is 0 Å². The first kappa shape index (κ1) is 13.6. The van der Waals surface area contributed by atoms with Crippen molar-refractivity contribution in [3.63, 3.8) is 0 Å². The van der Waals surface area contributed by atoms with Crippen LogP contribution in [0.25, 0.3) is 0 Å². The molecule has 0 aliphatic heterocycles. The van der Waals surface area contributed by atoms with Crippen molar-refractivity contribution >= 4 is 31.9 Å². The molecule has 0 bridgehead atoms. The van der Waals surface area contributed by atoms with E-state index >= 15 is 0 Å². The van der Waals surface area contributed by atoms with Gasteiger partial charge in [-0.1, -0.05) is 0 Å². The smallest absolute Gasteiger partial charge is 0.0684 e. The summed E-state index contributed by atoms with van der Waals surface area (Å²) in [6.45, 7) is 3.61. The Balaban J connectivity index is 1.95. The molecule has 2 heterocycles. The molecule has 5 heteroatoms. The summed E-state index contributed by atoms with van der Waals surface area (Å²) in [6.07, 6.45) is 5.51. The highest BCUT2D eigenvalue weighted by molar-refractivity contribution is 9.11. The van der Waals surface area contributed by atoms with Crippen LogP contribution in [0.3, 0.4) is 0 Å². The van der Waals surface area contributed by atoms with Gasteiger partial charge in [0.15, 0.2) is 0 Å². The molecule has 1 N–H and O–H groups in total. The Morgan fingerprint density at radius 1 is 1.22 bits per heavy atom. The van der Waals surface area contributed by atoms with Crippen LogP contribution in [0, 0.1) is 6.92 Å². The SMILES string of the molecule is Cc1ccncc1CNCc1ncc(Br)cc1Br. The fraction of sp³-hybridized carbons (Fsp3) is 0.231. The zero-order chi connectivity index (χ0) is 13.0. The number of rotatable bonds is 4. The molecule has 0 atom stereocenters. The lowest BCUT2D eigenvalue weighted by Gasteiger charge is -2.08. The van der Waals surface area contributed by atoms with Crippen LogP contribution in [0.4, 0.5) is 0 Å². The first-order valence-electron chi connectivity index (χ1n) is 5.57. The summed E-state index contributed by atoms with van der Waals surface area (Å²) in [6, 6.07) is 4.02. The maximum atomic E-state index is 4.36. The number of nitrogens with zero attached hydrogens (tertiary/aromatic N) is 2.